The van der Waals surface area contributed by atoms with Gasteiger partial charge < -0.3 is 19.7 Å². The average Bonchev–Trinajstić information content (AvgIpc) is 3.67. The van der Waals surface area contributed by atoms with Crippen LogP contribution in [-0.2, 0) is 14.3 Å². The Balaban J connectivity index is 1.17. The lowest BCUT2D eigenvalue weighted by molar-refractivity contribution is -0.156. The second kappa shape index (κ2) is 8.88. The SMILES string of the molecule is CC1C(=O)CCC2(C)C1CCC1(C)C3CCC4(CCC5OC6OC6C(O)C5O)CCC(C)(C)CC4C3=CCC12. The molecular formula is C34H52O5. The summed E-state index contributed by atoms with van der Waals surface area (Å²) in [4.78, 5) is 12.7. The molecule has 7 aliphatic rings. The highest BCUT2D eigenvalue weighted by Crippen LogP contribution is 2.71. The zero-order valence-corrected chi connectivity index (χ0v) is 25.0. The molecular weight excluding hydrogens is 488 g/mol. The van der Waals surface area contributed by atoms with E-state index in [0.717, 1.165) is 25.7 Å². The van der Waals surface area contributed by atoms with Gasteiger partial charge in [0.05, 0.1) is 6.10 Å². The first-order chi connectivity index (χ1) is 18.4. The first-order valence-corrected chi connectivity index (χ1v) is 16.3. The summed E-state index contributed by atoms with van der Waals surface area (Å²) in [6.45, 7) is 12.3. The molecule has 13 unspecified atom stereocenters. The maximum absolute atomic E-state index is 12.7. The third-order valence-corrected chi connectivity index (χ3v) is 14.2. The molecule has 2 aliphatic heterocycles. The molecule has 218 valence electrons. The summed E-state index contributed by atoms with van der Waals surface area (Å²) >= 11 is 0. The number of carbonyl (C=O) groups is 1. The molecule has 0 spiro atoms. The van der Waals surface area contributed by atoms with Gasteiger partial charge in [-0.15, -0.1) is 0 Å². The van der Waals surface area contributed by atoms with Crippen molar-refractivity contribution >= 4 is 5.78 Å². The van der Waals surface area contributed by atoms with Gasteiger partial charge in [0.25, 0.3) is 0 Å². The van der Waals surface area contributed by atoms with Crippen molar-refractivity contribution in [2.24, 2.45) is 51.2 Å². The van der Waals surface area contributed by atoms with Gasteiger partial charge in [0, 0.05) is 12.3 Å². The Bertz CT molecular complexity index is 1050. The second-order valence-corrected chi connectivity index (χ2v) is 16.4. The Morgan fingerprint density at radius 1 is 0.923 bits per heavy atom. The van der Waals surface area contributed by atoms with Gasteiger partial charge in [-0.05, 0) is 116 Å². The average molecular weight is 541 g/mol. The molecule has 6 fully saturated rings. The Kier molecular flexibility index (Phi) is 6.17. The number of rotatable bonds is 3. The fourth-order valence-corrected chi connectivity index (χ4v) is 11.7. The fourth-order valence-electron chi connectivity index (χ4n) is 11.7. The van der Waals surface area contributed by atoms with Crippen molar-refractivity contribution in [3.8, 4) is 0 Å². The maximum Gasteiger partial charge on any atom is 0.187 e. The molecule has 5 heteroatoms. The van der Waals surface area contributed by atoms with Gasteiger partial charge in [-0.2, -0.15) is 0 Å². The van der Waals surface area contributed by atoms with E-state index in [4.69, 9.17) is 9.47 Å². The number of aliphatic hydroxyl groups is 2. The Hall–Kier alpha value is -0.750. The highest BCUT2D eigenvalue weighted by atomic mass is 16.8. The number of carbonyl (C=O) groups excluding carboxylic acids is 1. The van der Waals surface area contributed by atoms with E-state index in [-0.39, 0.29) is 35.2 Å². The molecule has 0 aromatic heterocycles. The van der Waals surface area contributed by atoms with Crippen molar-refractivity contribution in [2.75, 3.05) is 0 Å². The number of Topliss-reactive ketones (excluding diaryl/α,β-unsaturated/α-hetero) is 1. The number of aliphatic hydroxyl groups excluding tert-OH is 2. The van der Waals surface area contributed by atoms with E-state index in [1.807, 2.05) is 0 Å². The molecule has 2 N–H and O–H groups in total. The molecule has 2 saturated heterocycles. The van der Waals surface area contributed by atoms with E-state index in [9.17, 15) is 15.0 Å². The molecule has 7 rings (SSSR count). The lowest BCUT2D eigenvalue weighted by Gasteiger charge is -2.66. The molecule has 39 heavy (non-hydrogen) atoms. The molecule has 2 heterocycles. The lowest BCUT2D eigenvalue weighted by atomic mass is 9.38. The van der Waals surface area contributed by atoms with Crippen LogP contribution in [0.5, 0.6) is 0 Å². The minimum absolute atomic E-state index is 0.226. The molecule has 4 saturated carbocycles. The van der Waals surface area contributed by atoms with Gasteiger partial charge in [-0.3, -0.25) is 4.79 Å². The van der Waals surface area contributed by atoms with Crippen molar-refractivity contribution in [3.05, 3.63) is 11.6 Å². The van der Waals surface area contributed by atoms with E-state index >= 15 is 0 Å². The minimum Gasteiger partial charge on any atom is -0.388 e. The third kappa shape index (κ3) is 3.95. The largest absolute Gasteiger partial charge is 0.388 e. The summed E-state index contributed by atoms with van der Waals surface area (Å²) in [5.41, 5.74) is 2.99. The summed E-state index contributed by atoms with van der Waals surface area (Å²) in [6.07, 6.45) is 13.7. The summed E-state index contributed by atoms with van der Waals surface area (Å²) in [7, 11) is 0. The maximum atomic E-state index is 12.7. The molecule has 5 nitrogen and oxygen atoms in total. The second-order valence-electron chi connectivity index (χ2n) is 16.4. The van der Waals surface area contributed by atoms with Gasteiger partial charge >= 0.3 is 0 Å². The fraction of sp³-hybridized carbons (Fsp3) is 0.912. The van der Waals surface area contributed by atoms with Crippen LogP contribution in [0.25, 0.3) is 0 Å². The Labute approximate surface area is 235 Å². The van der Waals surface area contributed by atoms with Gasteiger partial charge in [0.1, 0.15) is 24.1 Å². The lowest BCUT2D eigenvalue weighted by Crippen LogP contribution is -2.59. The van der Waals surface area contributed by atoms with Crippen LogP contribution in [0.2, 0.25) is 0 Å². The molecule has 0 amide bonds. The van der Waals surface area contributed by atoms with Crippen LogP contribution < -0.4 is 0 Å². The van der Waals surface area contributed by atoms with Crippen LogP contribution >= 0.6 is 0 Å². The topological polar surface area (TPSA) is 79.3 Å². The van der Waals surface area contributed by atoms with E-state index in [1.165, 1.54) is 51.4 Å². The van der Waals surface area contributed by atoms with Gasteiger partial charge in [-0.25, -0.2) is 0 Å². The van der Waals surface area contributed by atoms with Crippen LogP contribution in [0.3, 0.4) is 0 Å². The first-order valence-electron chi connectivity index (χ1n) is 16.3. The predicted octanol–water partition coefficient (Wildman–Crippen LogP) is 6.20. The highest BCUT2D eigenvalue weighted by Gasteiger charge is 2.63. The van der Waals surface area contributed by atoms with Crippen molar-refractivity contribution in [3.63, 3.8) is 0 Å². The highest BCUT2D eigenvalue weighted by molar-refractivity contribution is 5.82. The summed E-state index contributed by atoms with van der Waals surface area (Å²) in [5.74, 6) is 3.22. The van der Waals surface area contributed by atoms with Crippen molar-refractivity contribution in [1.29, 1.82) is 0 Å². The zero-order chi connectivity index (χ0) is 27.5. The normalized spacial score (nSPS) is 55.8. The predicted molar refractivity (Wildman–Crippen MR) is 150 cm³/mol. The van der Waals surface area contributed by atoms with Crippen LogP contribution in [0.4, 0.5) is 0 Å². The smallest absolute Gasteiger partial charge is 0.187 e. The van der Waals surface area contributed by atoms with E-state index < -0.39 is 12.2 Å². The van der Waals surface area contributed by atoms with E-state index in [0.29, 0.717) is 40.3 Å². The van der Waals surface area contributed by atoms with E-state index in [1.54, 1.807) is 5.57 Å². The summed E-state index contributed by atoms with van der Waals surface area (Å²) in [5, 5.41) is 21.2. The van der Waals surface area contributed by atoms with E-state index in [2.05, 4.69) is 40.7 Å². The van der Waals surface area contributed by atoms with Crippen LogP contribution in [-0.4, -0.2) is 46.7 Å². The van der Waals surface area contributed by atoms with Gasteiger partial charge in [0.15, 0.2) is 6.29 Å². The third-order valence-electron chi connectivity index (χ3n) is 14.2. The van der Waals surface area contributed by atoms with Crippen molar-refractivity contribution < 1.29 is 24.5 Å². The van der Waals surface area contributed by atoms with Gasteiger partial charge in [0.2, 0.25) is 0 Å². The quantitative estimate of drug-likeness (QED) is 0.329. The number of fused-ring (bicyclic) bond motifs is 8. The van der Waals surface area contributed by atoms with Crippen molar-refractivity contribution in [2.45, 2.75) is 142 Å². The van der Waals surface area contributed by atoms with Crippen molar-refractivity contribution in [1.82, 2.24) is 0 Å². The molecule has 0 aromatic rings. The Morgan fingerprint density at radius 3 is 2.51 bits per heavy atom. The number of allylic oxidation sites excluding steroid dienone is 2. The molecule has 13 atom stereocenters. The summed E-state index contributed by atoms with van der Waals surface area (Å²) in [6, 6.07) is 0. The van der Waals surface area contributed by atoms with Crippen LogP contribution in [0.1, 0.15) is 112 Å². The summed E-state index contributed by atoms with van der Waals surface area (Å²) < 4.78 is 11.5. The van der Waals surface area contributed by atoms with Gasteiger partial charge in [-0.1, -0.05) is 46.3 Å². The first kappa shape index (κ1) is 27.1. The Morgan fingerprint density at radius 2 is 1.72 bits per heavy atom. The molecule has 5 aliphatic carbocycles. The number of ether oxygens (including phenoxy) is 2. The molecule has 0 bridgehead atoms. The zero-order valence-electron chi connectivity index (χ0n) is 25.0. The van der Waals surface area contributed by atoms with Crippen LogP contribution in [0, 0.1) is 51.2 Å². The number of hydrogen-bond acceptors (Lipinski definition) is 5. The number of hydrogen-bond donors (Lipinski definition) is 2. The number of ketones is 1. The standard InChI is InChI=1S/C34H52O5/c1-19-21-8-12-33(5)22-9-14-34(15-11-25-27(36)28(37)29-30(38-25)39-29)17-16-31(2,3)18-23(34)20(22)6-7-26(33)32(21,4)13-10-24(19)35/h6,19,21-23,25-30,36-37H,7-18H2,1-5H3. The number of epoxide rings is 1. The molecule has 0 aromatic carbocycles. The molecule has 0 radical (unpaired) electrons. The monoisotopic (exact) mass is 540 g/mol. The van der Waals surface area contributed by atoms with Crippen LogP contribution in [0.15, 0.2) is 11.6 Å². The minimum atomic E-state index is -0.853.